The molecule has 1 N–H and O–H groups in total. The molecule has 2 fully saturated rings. The van der Waals surface area contributed by atoms with Gasteiger partial charge in [0.1, 0.15) is 18.2 Å². The number of amides is 1. The lowest BCUT2D eigenvalue weighted by atomic mass is 10.1. The van der Waals surface area contributed by atoms with Crippen LogP contribution in [0.4, 0.5) is 9.18 Å². The van der Waals surface area contributed by atoms with Gasteiger partial charge < -0.3 is 19.7 Å². The fourth-order valence-electron chi connectivity index (χ4n) is 5.17. The van der Waals surface area contributed by atoms with E-state index in [0.29, 0.717) is 16.6 Å². The van der Waals surface area contributed by atoms with Crippen LogP contribution >= 0.6 is 11.8 Å². The Hall–Kier alpha value is -3.55. The van der Waals surface area contributed by atoms with Crippen molar-refractivity contribution < 1.29 is 18.7 Å². The minimum atomic E-state index is -0.495. The van der Waals surface area contributed by atoms with E-state index in [1.807, 2.05) is 24.5 Å². The molecule has 3 heterocycles. The van der Waals surface area contributed by atoms with Crippen LogP contribution in [0.25, 0.3) is 5.69 Å². The Bertz CT molecular complexity index is 1370. The average molecular weight is 578 g/mol. The molecular weight excluding hydrogens is 541 g/mol. The third kappa shape index (κ3) is 7.80. The van der Waals surface area contributed by atoms with E-state index in [0.717, 1.165) is 42.5 Å². The molecule has 1 aromatic carbocycles. The maximum atomic E-state index is 15.0. The quantitative estimate of drug-likeness (QED) is 0.354. The van der Waals surface area contributed by atoms with Gasteiger partial charge in [-0.05, 0) is 76.5 Å². The average Bonchev–Trinajstić information content (AvgIpc) is 3.63. The maximum Gasteiger partial charge on any atom is 0.408 e. The Balaban J connectivity index is 1.20. The van der Waals surface area contributed by atoms with Crippen molar-refractivity contribution in [3.05, 3.63) is 65.5 Å². The van der Waals surface area contributed by atoms with Gasteiger partial charge in [0.05, 0.1) is 29.3 Å². The summed E-state index contributed by atoms with van der Waals surface area (Å²) in [6.45, 7) is 3.77. The molecule has 0 radical (unpaired) electrons. The van der Waals surface area contributed by atoms with Gasteiger partial charge in [0.2, 0.25) is 0 Å². The summed E-state index contributed by atoms with van der Waals surface area (Å²) in [7, 11) is 2.07. The van der Waals surface area contributed by atoms with E-state index in [1.165, 1.54) is 31.7 Å². The summed E-state index contributed by atoms with van der Waals surface area (Å²) < 4.78 is 28.3. The van der Waals surface area contributed by atoms with E-state index < -0.39 is 11.9 Å². The van der Waals surface area contributed by atoms with Gasteiger partial charge in [0.25, 0.3) is 0 Å². The lowest BCUT2D eigenvalue weighted by Gasteiger charge is -2.28. The molecular formula is C31H36FN5O3S. The molecule has 1 aliphatic heterocycles. The minimum Gasteiger partial charge on any atom is -0.487 e. The molecule has 41 heavy (non-hydrogen) atoms. The van der Waals surface area contributed by atoms with E-state index in [4.69, 9.17) is 14.5 Å². The van der Waals surface area contributed by atoms with Crippen LogP contribution in [-0.4, -0.2) is 63.6 Å². The largest absolute Gasteiger partial charge is 0.487 e. The zero-order valence-electron chi connectivity index (χ0n) is 23.6. The van der Waals surface area contributed by atoms with Gasteiger partial charge in [0.15, 0.2) is 11.8 Å². The predicted molar refractivity (Wildman–Crippen MR) is 157 cm³/mol. The summed E-state index contributed by atoms with van der Waals surface area (Å²) >= 11 is 1.80. The lowest BCUT2D eigenvalue weighted by molar-refractivity contribution is 0.147. The molecule has 0 atom stereocenters. The van der Waals surface area contributed by atoms with Crippen molar-refractivity contribution in [3.63, 3.8) is 0 Å². The maximum absolute atomic E-state index is 15.0. The fourth-order valence-corrected chi connectivity index (χ4v) is 6.48. The highest BCUT2D eigenvalue weighted by Gasteiger charge is 2.22. The van der Waals surface area contributed by atoms with Crippen molar-refractivity contribution in [2.75, 3.05) is 26.7 Å². The first-order valence-electron chi connectivity index (χ1n) is 14.1. The Kier molecular flexibility index (Phi) is 9.80. The highest BCUT2D eigenvalue weighted by molar-refractivity contribution is 7.99. The van der Waals surface area contributed by atoms with Crippen molar-refractivity contribution in [2.45, 2.75) is 68.5 Å². The van der Waals surface area contributed by atoms with Gasteiger partial charge in [-0.25, -0.2) is 14.2 Å². The SMILES string of the molecule is Cc1cc(OCc2cnc(SC3CCCC3)n2-c2cccnc2)cc(F)c1C#CCOC(=O)NC1CCN(C)CC1. The summed E-state index contributed by atoms with van der Waals surface area (Å²) in [5.41, 5.74) is 2.67. The second-order valence-electron chi connectivity index (χ2n) is 10.6. The number of nitrogens with zero attached hydrogens (tertiary/aromatic N) is 4. The first-order chi connectivity index (χ1) is 20.0. The summed E-state index contributed by atoms with van der Waals surface area (Å²) in [5.74, 6) is 5.47. The van der Waals surface area contributed by atoms with Crippen LogP contribution in [0.2, 0.25) is 0 Å². The number of benzene rings is 1. The van der Waals surface area contributed by atoms with Gasteiger partial charge in [-0.3, -0.25) is 9.55 Å². The molecule has 1 saturated heterocycles. The first kappa shape index (κ1) is 29.0. The van der Waals surface area contributed by atoms with Crippen LogP contribution in [0.1, 0.15) is 55.3 Å². The number of aromatic nitrogens is 3. The summed E-state index contributed by atoms with van der Waals surface area (Å²) in [4.78, 5) is 23.3. The Labute approximate surface area is 245 Å². The number of imidazole rings is 1. The summed E-state index contributed by atoms with van der Waals surface area (Å²) in [6.07, 6.45) is 11.6. The number of carbonyl (C=O) groups is 1. The molecule has 1 amide bonds. The predicted octanol–water partition coefficient (Wildman–Crippen LogP) is 5.50. The van der Waals surface area contributed by atoms with Crippen LogP contribution in [0.15, 0.2) is 48.0 Å². The zero-order chi connectivity index (χ0) is 28.6. The molecule has 1 saturated carbocycles. The number of hydrogen-bond donors (Lipinski definition) is 1. The Morgan fingerprint density at radius 1 is 1.20 bits per heavy atom. The van der Waals surface area contributed by atoms with Crippen molar-refractivity contribution in [3.8, 4) is 23.3 Å². The smallest absolute Gasteiger partial charge is 0.408 e. The Morgan fingerprint density at radius 2 is 2.00 bits per heavy atom. The van der Waals surface area contributed by atoms with Gasteiger partial charge in [-0.2, -0.15) is 0 Å². The number of carbonyl (C=O) groups excluding carboxylic acids is 1. The van der Waals surface area contributed by atoms with Crippen molar-refractivity contribution in [1.82, 2.24) is 24.8 Å². The second kappa shape index (κ2) is 13.9. The standard InChI is InChI=1S/C31H36FN5O3S/c1-22-17-26(18-29(32)28(22)10-6-16-39-31(38)35-23-11-14-36(2)15-12-23)40-21-25-20-34-30(41-27-8-3-4-9-27)37(25)24-7-5-13-33-19-24/h5,7,13,17-20,23,27H,3-4,8-9,11-12,14-16,21H2,1-2H3,(H,35,38). The summed E-state index contributed by atoms with van der Waals surface area (Å²) in [5, 5.41) is 4.35. The molecule has 0 spiro atoms. The van der Waals surface area contributed by atoms with E-state index in [2.05, 4.69) is 38.7 Å². The molecule has 10 heteroatoms. The number of ether oxygens (including phenoxy) is 2. The topological polar surface area (TPSA) is 81.5 Å². The molecule has 8 nitrogen and oxygen atoms in total. The van der Waals surface area contributed by atoms with Gasteiger partial charge >= 0.3 is 6.09 Å². The molecule has 5 rings (SSSR count). The number of halogens is 1. The fraction of sp³-hybridized carbons (Fsp3) is 0.452. The normalized spacial score (nSPS) is 16.3. The highest BCUT2D eigenvalue weighted by Crippen LogP contribution is 2.35. The monoisotopic (exact) mass is 577 g/mol. The second-order valence-corrected chi connectivity index (χ2v) is 11.9. The number of pyridine rings is 1. The number of alkyl carbamates (subject to hydrolysis) is 1. The molecule has 1 aliphatic carbocycles. The highest BCUT2D eigenvalue weighted by atomic mass is 32.2. The molecule has 0 unspecified atom stereocenters. The number of hydrogen-bond acceptors (Lipinski definition) is 7. The van der Waals surface area contributed by atoms with Crippen LogP contribution < -0.4 is 10.1 Å². The van der Waals surface area contributed by atoms with Crippen molar-refractivity contribution in [1.29, 1.82) is 0 Å². The minimum absolute atomic E-state index is 0.111. The van der Waals surface area contributed by atoms with Crippen LogP contribution in [-0.2, 0) is 11.3 Å². The van der Waals surface area contributed by atoms with E-state index in [-0.39, 0.29) is 24.8 Å². The zero-order valence-corrected chi connectivity index (χ0v) is 24.4. The molecule has 2 aromatic heterocycles. The third-order valence-electron chi connectivity index (χ3n) is 7.46. The van der Waals surface area contributed by atoms with E-state index >= 15 is 4.39 Å². The van der Waals surface area contributed by atoms with E-state index in [1.54, 1.807) is 30.9 Å². The first-order valence-corrected chi connectivity index (χ1v) is 15.0. The molecule has 216 valence electrons. The van der Waals surface area contributed by atoms with E-state index in [9.17, 15) is 4.79 Å². The number of thioether (sulfide) groups is 1. The number of piperidine rings is 1. The van der Waals surface area contributed by atoms with Crippen molar-refractivity contribution >= 4 is 17.9 Å². The van der Waals surface area contributed by atoms with Gasteiger partial charge in [-0.15, -0.1) is 0 Å². The molecule has 3 aromatic rings. The van der Waals surface area contributed by atoms with Crippen LogP contribution in [0, 0.1) is 24.6 Å². The molecule has 0 bridgehead atoms. The van der Waals surface area contributed by atoms with Gasteiger partial charge in [0, 0.05) is 23.6 Å². The summed E-state index contributed by atoms with van der Waals surface area (Å²) in [6, 6.07) is 7.11. The Morgan fingerprint density at radius 3 is 2.73 bits per heavy atom. The van der Waals surface area contributed by atoms with Crippen LogP contribution in [0.5, 0.6) is 5.75 Å². The third-order valence-corrected chi connectivity index (χ3v) is 8.76. The number of rotatable bonds is 8. The number of likely N-dealkylation sites (tertiary alicyclic amines) is 1. The number of aryl methyl sites for hydroxylation is 1. The lowest BCUT2D eigenvalue weighted by Crippen LogP contribution is -2.43. The number of nitrogens with one attached hydrogen (secondary N) is 1. The van der Waals surface area contributed by atoms with Crippen LogP contribution in [0.3, 0.4) is 0 Å². The molecule has 2 aliphatic rings. The van der Waals surface area contributed by atoms with Gasteiger partial charge in [-0.1, -0.05) is 36.4 Å². The van der Waals surface area contributed by atoms with Crippen molar-refractivity contribution in [2.24, 2.45) is 0 Å².